The molecule has 0 bridgehead atoms. The van der Waals surface area contributed by atoms with Gasteiger partial charge in [0.25, 0.3) is 0 Å². The van der Waals surface area contributed by atoms with Crippen molar-refractivity contribution in [3.05, 3.63) is 66.0 Å². The third-order valence-electron chi connectivity index (χ3n) is 6.51. The van der Waals surface area contributed by atoms with E-state index in [1.54, 1.807) is 12.1 Å². The van der Waals surface area contributed by atoms with Crippen LogP contribution in [0.4, 0.5) is 10.1 Å². The van der Waals surface area contributed by atoms with E-state index in [1.807, 2.05) is 73.4 Å². The number of carbonyl (C=O) groups is 1. The number of carbonyl (C=O) groups excluding carboxylic acids is 1. The summed E-state index contributed by atoms with van der Waals surface area (Å²) in [6.07, 6.45) is 2.81. The van der Waals surface area contributed by atoms with E-state index in [-0.39, 0.29) is 17.6 Å². The smallest absolute Gasteiger partial charge is 0.248 e. The van der Waals surface area contributed by atoms with Gasteiger partial charge in [0.05, 0.1) is 11.4 Å². The van der Waals surface area contributed by atoms with Gasteiger partial charge in [-0.05, 0) is 43.2 Å². The lowest BCUT2D eigenvalue weighted by Crippen LogP contribution is -2.58. The first-order valence-electron chi connectivity index (χ1n) is 11.7. The largest absolute Gasteiger partial charge is 0.353 e. The molecule has 2 unspecified atom stereocenters. The molecule has 2 atom stereocenters. The van der Waals surface area contributed by atoms with Crippen LogP contribution in [0.2, 0.25) is 0 Å². The highest BCUT2D eigenvalue weighted by molar-refractivity contribution is 6.10. The van der Waals surface area contributed by atoms with Crippen LogP contribution in [0.3, 0.4) is 0 Å². The van der Waals surface area contributed by atoms with Crippen LogP contribution in [0.15, 0.2) is 59.7 Å². The van der Waals surface area contributed by atoms with Gasteiger partial charge in [-0.25, -0.2) is 19.4 Å². The predicted octanol–water partition coefficient (Wildman–Crippen LogP) is 4.14. The third kappa shape index (κ3) is 5.42. The van der Waals surface area contributed by atoms with E-state index >= 15 is 0 Å². The molecular formula is C26H36FN5O. The van der Waals surface area contributed by atoms with E-state index in [9.17, 15) is 9.18 Å². The van der Waals surface area contributed by atoms with Crippen LogP contribution in [-0.4, -0.2) is 61.4 Å². The number of rotatable bonds is 10. The molecule has 1 aliphatic rings. The molecule has 0 saturated carbocycles. The summed E-state index contributed by atoms with van der Waals surface area (Å²) in [6.45, 7) is 5.35. The number of hydrogen-bond acceptors (Lipinski definition) is 5. The summed E-state index contributed by atoms with van der Waals surface area (Å²) in [6, 6.07) is 16.2. The van der Waals surface area contributed by atoms with E-state index < -0.39 is 5.54 Å². The maximum Gasteiger partial charge on any atom is 0.248 e. The lowest BCUT2D eigenvalue weighted by molar-refractivity contribution is -0.127. The number of unbranched alkanes of at least 4 members (excludes halogenated alkanes) is 1. The summed E-state index contributed by atoms with van der Waals surface area (Å²) in [5.74, 6) is -0.469. The Bertz CT molecular complexity index is 947. The van der Waals surface area contributed by atoms with Crippen molar-refractivity contribution in [3.8, 4) is 0 Å². The Kier molecular flexibility index (Phi) is 8.21. The summed E-state index contributed by atoms with van der Waals surface area (Å²) >= 11 is 0. The minimum Gasteiger partial charge on any atom is -0.353 e. The van der Waals surface area contributed by atoms with Crippen LogP contribution in [-0.2, 0) is 4.79 Å². The van der Waals surface area contributed by atoms with Crippen LogP contribution in [0.1, 0.15) is 38.7 Å². The average Bonchev–Trinajstić information content (AvgIpc) is 3.11. The highest BCUT2D eigenvalue weighted by atomic mass is 19.1. The van der Waals surface area contributed by atoms with E-state index in [2.05, 4.69) is 12.2 Å². The van der Waals surface area contributed by atoms with Crippen molar-refractivity contribution in [2.45, 2.75) is 38.6 Å². The zero-order chi connectivity index (χ0) is 24.0. The molecule has 7 heteroatoms. The van der Waals surface area contributed by atoms with Crippen LogP contribution in [0.25, 0.3) is 0 Å². The van der Waals surface area contributed by atoms with Gasteiger partial charge in [-0.3, -0.25) is 4.79 Å². The number of hydrazone groups is 1. The highest BCUT2D eigenvalue weighted by Gasteiger charge is 2.53. The summed E-state index contributed by atoms with van der Waals surface area (Å²) in [7, 11) is 5.93. The van der Waals surface area contributed by atoms with Crippen molar-refractivity contribution in [2.24, 2.45) is 11.0 Å². The molecule has 1 N–H and O–H groups in total. The quantitative estimate of drug-likeness (QED) is 0.550. The Balaban J connectivity index is 1.99. The number of anilines is 1. The summed E-state index contributed by atoms with van der Waals surface area (Å²) in [4.78, 5) is 13.8. The first kappa shape index (κ1) is 24.9. The molecule has 3 rings (SSSR count). The Hall–Kier alpha value is -2.77. The molecule has 33 heavy (non-hydrogen) atoms. The van der Waals surface area contributed by atoms with Gasteiger partial charge in [-0.1, -0.05) is 50.1 Å². The van der Waals surface area contributed by atoms with Crippen molar-refractivity contribution in [1.29, 1.82) is 0 Å². The predicted molar refractivity (Wildman–Crippen MR) is 133 cm³/mol. The van der Waals surface area contributed by atoms with Gasteiger partial charge in [0.2, 0.25) is 5.91 Å². The fourth-order valence-corrected chi connectivity index (χ4v) is 4.26. The molecule has 0 saturated heterocycles. The molecule has 0 aliphatic carbocycles. The molecule has 178 valence electrons. The van der Waals surface area contributed by atoms with Gasteiger partial charge in [-0.15, -0.1) is 0 Å². The van der Waals surface area contributed by atoms with Crippen LogP contribution < -0.4 is 10.3 Å². The molecule has 2 aromatic carbocycles. The molecule has 6 nitrogen and oxygen atoms in total. The number of nitrogens with zero attached hydrogens (tertiary/aromatic N) is 4. The van der Waals surface area contributed by atoms with Crippen molar-refractivity contribution >= 4 is 17.3 Å². The Labute approximate surface area is 197 Å². The fourth-order valence-electron chi connectivity index (χ4n) is 4.26. The summed E-state index contributed by atoms with van der Waals surface area (Å²) in [5, 5.41) is 14.0. The fraction of sp³-hybridized carbons (Fsp3) is 0.462. The van der Waals surface area contributed by atoms with Crippen molar-refractivity contribution in [3.63, 3.8) is 0 Å². The number of benzene rings is 2. The number of halogens is 1. The Morgan fingerprint density at radius 1 is 1.12 bits per heavy atom. The number of hydrazine groups is 1. The number of nitrogens with one attached hydrogen (secondary N) is 1. The third-order valence-corrected chi connectivity index (χ3v) is 6.51. The van der Waals surface area contributed by atoms with Gasteiger partial charge < -0.3 is 5.32 Å². The zero-order valence-electron chi connectivity index (χ0n) is 20.4. The molecule has 1 aliphatic heterocycles. The normalized spacial score (nSPS) is 20.4. The second-order valence-electron chi connectivity index (χ2n) is 8.97. The first-order valence-corrected chi connectivity index (χ1v) is 11.7. The molecular weight excluding hydrogens is 417 g/mol. The molecule has 0 radical (unpaired) electrons. The average molecular weight is 454 g/mol. The monoisotopic (exact) mass is 453 g/mol. The van der Waals surface area contributed by atoms with E-state index in [0.717, 1.165) is 36.2 Å². The lowest BCUT2D eigenvalue weighted by atomic mass is 9.77. The van der Waals surface area contributed by atoms with Crippen molar-refractivity contribution < 1.29 is 9.18 Å². The number of likely N-dealkylation sites (N-methyl/N-ethyl adjacent to an activating group) is 1. The highest BCUT2D eigenvalue weighted by Crippen LogP contribution is 2.41. The van der Waals surface area contributed by atoms with Gasteiger partial charge in [0.1, 0.15) is 11.4 Å². The Morgan fingerprint density at radius 3 is 2.39 bits per heavy atom. The number of para-hydroxylation sites is 1. The van der Waals surface area contributed by atoms with Gasteiger partial charge in [-0.2, -0.15) is 5.10 Å². The van der Waals surface area contributed by atoms with Crippen LogP contribution in [0.5, 0.6) is 0 Å². The number of amides is 1. The van der Waals surface area contributed by atoms with E-state index in [1.165, 1.54) is 12.1 Å². The number of hydrogen-bond donors (Lipinski definition) is 1. The van der Waals surface area contributed by atoms with E-state index in [4.69, 9.17) is 5.10 Å². The summed E-state index contributed by atoms with van der Waals surface area (Å²) in [5.41, 5.74) is 1.63. The van der Waals surface area contributed by atoms with Gasteiger partial charge >= 0.3 is 0 Å². The van der Waals surface area contributed by atoms with E-state index in [0.29, 0.717) is 13.1 Å². The maximum atomic E-state index is 13.8. The lowest BCUT2D eigenvalue weighted by Gasteiger charge is -2.38. The molecule has 1 amide bonds. The van der Waals surface area contributed by atoms with Crippen LogP contribution >= 0.6 is 0 Å². The van der Waals surface area contributed by atoms with Crippen LogP contribution in [0, 0.1) is 11.7 Å². The molecule has 0 fully saturated rings. The zero-order valence-corrected chi connectivity index (χ0v) is 20.4. The van der Waals surface area contributed by atoms with Gasteiger partial charge in [0, 0.05) is 40.2 Å². The first-order chi connectivity index (χ1) is 15.8. The second-order valence-corrected chi connectivity index (χ2v) is 8.97. The molecule has 0 aromatic heterocycles. The minimum absolute atomic E-state index is 0.0551. The standard InChI is InChI=1S/C26H36FN5O/c1-6-7-13-23-24(20-14-16-21(27)17-15-20)29-32(22-11-9-8-10-12-22)26(23,2)25(33)28-18-19-31(5)30(3)4/h8-12,14-17,23H,6-7,13,18-19H2,1-5H3,(H,28,33). The summed E-state index contributed by atoms with van der Waals surface area (Å²) < 4.78 is 13.6. The Morgan fingerprint density at radius 2 is 1.79 bits per heavy atom. The second kappa shape index (κ2) is 10.9. The SMILES string of the molecule is CCCCC1C(c2ccc(F)cc2)=NN(c2ccccc2)C1(C)C(=O)NCCN(C)N(C)C. The molecule has 2 aromatic rings. The molecule has 0 spiro atoms. The molecule has 1 heterocycles. The topological polar surface area (TPSA) is 51.2 Å². The van der Waals surface area contributed by atoms with Crippen molar-refractivity contribution in [2.75, 3.05) is 39.2 Å². The van der Waals surface area contributed by atoms with Crippen molar-refractivity contribution in [1.82, 2.24) is 15.3 Å². The minimum atomic E-state index is -0.906. The van der Waals surface area contributed by atoms with Gasteiger partial charge in [0.15, 0.2) is 0 Å². The maximum absolute atomic E-state index is 13.8.